The molecule has 0 spiro atoms. The summed E-state index contributed by atoms with van der Waals surface area (Å²) in [5, 5.41) is 2.69. The van der Waals surface area contributed by atoms with E-state index in [1.165, 1.54) is 35.2 Å². The lowest BCUT2D eigenvalue weighted by atomic mass is 9.75. The fourth-order valence-corrected chi connectivity index (χ4v) is 10.3. The maximum Gasteiger partial charge on any atom is 0.308 e. The number of carbonyl (C=O) groups is 4. The number of imide groups is 1. The van der Waals surface area contributed by atoms with Crippen LogP contribution in [0.2, 0.25) is 5.02 Å². The lowest BCUT2D eigenvalue weighted by Crippen LogP contribution is -2.45. The Hall–Kier alpha value is -2.28. The Morgan fingerprint density at radius 2 is 1.76 bits per heavy atom. The number of aromatic nitrogens is 1. The molecule has 0 unspecified atom stereocenters. The minimum absolute atomic E-state index is 0.0910. The predicted molar refractivity (Wildman–Crippen MR) is 142 cm³/mol. The van der Waals surface area contributed by atoms with E-state index >= 15 is 0 Å². The lowest BCUT2D eigenvalue weighted by molar-refractivity contribution is -0.130. The van der Waals surface area contributed by atoms with Gasteiger partial charge in [0.1, 0.15) is 11.8 Å². The number of hydrogen-bond donors (Lipinski definition) is 3. The van der Waals surface area contributed by atoms with Crippen LogP contribution in [0.15, 0.2) is 34.1 Å². The van der Waals surface area contributed by atoms with E-state index in [9.17, 15) is 24.0 Å². The zero-order valence-electron chi connectivity index (χ0n) is 19.4. The van der Waals surface area contributed by atoms with Crippen molar-refractivity contribution < 1.29 is 19.2 Å². The topological polar surface area (TPSA) is 126 Å². The van der Waals surface area contributed by atoms with E-state index in [-0.39, 0.29) is 23.8 Å². The highest BCUT2D eigenvalue weighted by atomic mass is 35.5. The number of rotatable bonds is 5. The molecule has 0 radical (unpaired) electrons. The van der Waals surface area contributed by atoms with Gasteiger partial charge in [-0.25, -0.2) is 0 Å². The number of hydrogen-bond acceptors (Lipinski definition) is 8. The Balaban J connectivity index is 1.20. The second-order valence-electron chi connectivity index (χ2n) is 9.83. The Morgan fingerprint density at radius 1 is 1.03 bits per heavy atom. The van der Waals surface area contributed by atoms with Crippen LogP contribution in [-0.2, 0) is 20.9 Å². The number of fused-ring (bicyclic) bond motifs is 6. The van der Waals surface area contributed by atoms with Gasteiger partial charge in [-0.2, -0.15) is 0 Å². The molecule has 2 aliphatic heterocycles. The van der Waals surface area contributed by atoms with E-state index in [4.69, 9.17) is 11.6 Å². The van der Waals surface area contributed by atoms with Crippen LogP contribution in [-0.4, -0.2) is 38.0 Å². The van der Waals surface area contributed by atoms with Crippen molar-refractivity contribution >= 4 is 69.4 Å². The molecular weight excluding hydrogens is 556 g/mol. The third kappa shape index (κ3) is 4.62. The normalized spacial score (nSPS) is 29.5. The molecule has 1 saturated heterocycles. The van der Waals surface area contributed by atoms with Crippen LogP contribution >= 0.6 is 46.5 Å². The largest absolute Gasteiger partial charge is 0.308 e. The van der Waals surface area contributed by atoms with Crippen LogP contribution in [0, 0.1) is 17.8 Å². The molecule has 2 aliphatic carbocycles. The SMILES string of the molecule is O=C(C[C@@H]1SC(=O)NC1=O)NNC(=O)Cn1c2c(sc1=O)[C@H](c1ccc(Cl)cc1)[C@@H]1[C@H]3CC[C@@H](C3)[C@@H]1S2. The summed E-state index contributed by atoms with van der Waals surface area (Å²) in [6.45, 7) is -0.228. The first-order valence-corrected chi connectivity index (χ1v) is 15.0. The first-order chi connectivity index (χ1) is 17.8. The van der Waals surface area contributed by atoms with Gasteiger partial charge in [-0.3, -0.25) is 44.7 Å². The highest BCUT2D eigenvalue weighted by molar-refractivity contribution is 8.15. The van der Waals surface area contributed by atoms with Crippen molar-refractivity contribution in [2.24, 2.45) is 17.8 Å². The van der Waals surface area contributed by atoms with Crippen molar-refractivity contribution in [3.63, 3.8) is 0 Å². The molecule has 2 saturated carbocycles. The lowest BCUT2D eigenvalue weighted by Gasteiger charge is -2.40. The quantitative estimate of drug-likeness (QED) is 0.465. The first kappa shape index (κ1) is 25.0. The molecule has 194 valence electrons. The van der Waals surface area contributed by atoms with Crippen LogP contribution in [0.3, 0.4) is 0 Å². The molecule has 4 aliphatic rings. The number of nitrogens with zero attached hydrogens (tertiary/aromatic N) is 1. The molecule has 6 atom stereocenters. The van der Waals surface area contributed by atoms with Crippen molar-refractivity contribution in [2.45, 2.75) is 53.7 Å². The van der Waals surface area contributed by atoms with Gasteiger partial charge in [0, 0.05) is 27.5 Å². The number of thioether (sulfide) groups is 2. The zero-order chi connectivity index (χ0) is 25.8. The Labute approximate surface area is 229 Å². The van der Waals surface area contributed by atoms with Crippen LogP contribution in [0.25, 0.3) is 0 Å². The monoisotopic (exact) mass is 578 g/mol. The number of carbonyl (C=O) groups excluding carboxylic acids is 4. The number of thiazole rings is 1. The van der Waals surface area contributed by atoms with E-state index < -0.39 is 28.2 Å². The summed E-state index contributed by atoms with van der Waals surface area (Å²) in [5.74, 6) is 0.113. The number of amides is 4. The van der Waals surface area contributed by atoms with Gasteiger partial charge in [0.25, 0.3) is 11.1 Å². The summed E-state index contributed by atoms with van der Waals surface area (Å²) in [5.41, 5.74) is 5.76. The molecule has 13 heteroatoms. The van der Waals surface area contributed by atoms with Gasteiger partial charge in [0.05, 0.1) is 5.03 Å². The molecule has 4 amide bonds. The van der Waals surface area contributed by atoms with Crippen LogP contribution in [0.5, 0.6) is 0 Å². The highest BCUT2D eigenvalue weighted by Gasteiger charge is 2.55. The van der Waals surface area contributed by atoms with Crippen molar-refractivity contribution in [3.8, 4) is 0 Å². The molecule has 2 aromatic rings. The molecule has 6 rings (SSSR count). The third-order valence-corrected chi connectivity index (χ3v) is 11.8. The van der Waals surface area contributed by atoms with Crippen LogP contribution in [0.1, 0.15) is 42.0 Å². The fraction of sp³-hybridized carbons (Fsp3) is 0.458. The van der Waals surface area contributed by atoms with E-state index in [0.717, 1.165) is 27.2 Å². The van der Waals surface area contributed by atoms with Gasteiger partial charge >= 0.3 is 4.87 Å². The smallest absolute Gasteiger partial charge is 0.286 e. The van der Waals surface area contributed by atoms with Crippen LogP contribution in [0.4, 0.5) is 4.79 Å². The minimum Gasteiger partial charge on any atom is -0.286 e. The Morgan fingerprint density at radius 3 is 2.49 bits per heavy atom. The minimum atomic E-state index is -0.827. The Bertz CT molecular complexity index is 1360. The molecule has 3 fully saturated rings. The average Bonchev–Trinajstić information content (AvgIpc) is 3.62. The van der Waals surface area contributed by atoms with Gasteiger partial charge in [-0.05, 0) is 54.7 Å². The standard InChI is InChI=1S/C24H23ClN4O5S3/c25-13-5-3-10(4-6-13)17-18-11-1-2-12(7-11)19(18)36-22-20(17)37-24(34)29(22)9-16(31)28-27-15(30)8-14-21(32)26-23(33)35-14/h3-6,11-12,14,17-19H,1-2,7-9H2,(H,27,30)(H,28,31)(H,26,32,33)/t11-,12-,14-,17+,18-,19-/m0/s1. The fourth-order valence-electron chi connectivity index (χ4n) is 6.20. The van der Waals surface area contributed by atoms with Gasteiger partial charge in [0.2, 0.25) is 11.8 Å². The second-order valence-corrected chi connectivity index (χ2v) is 13.6. The third-order valence-electron chi connectivity index (χ3n) is 7.70. The van der Waals surface area contributed by atoms with Crippen molar-refractivity contribution in [2.75, 3.05) is 0 Å². The Kier molecular flexibility index (Phi) is 6.62. The van der Waals surface area contributed by atoms with E-state index in [1.807, 2.05) is 24.3 Å². The maximum absolute atomic E-state index is 13.1. The maximum atomic E-state index is 13.1. The molecule has 37 heavy (non-hydrogen) atoms. The molecule has 3 N–H and O–H groups in total. The van der Waals surface area contributed by atoms with Crippen molar-refractivity contribution in [1.82, 2.24) is 20.7 Å². The summed E-state index contributed by atoms with van der Waals surface area (Å²) in [4.78, 5) is 61.7. The van der Waals surface area contributed by atoms with E-state index in [1.54, 1.807) is 11.8 Å². The van der Waals surface area contributed by atoms with Gasteiger partial charge in [0.15, 0.2) is 0 Å². The van der Waals surface area contributed by atoms with Crippen molar-refractivity contribution in [1.29, 1.82) is 0 Å². The second kappa shape index (κ2) is 9.79. The number of benzene rings is 1. The first-order valence-electron chi connectivity index (χ1n) is 12.0. The number of hydrazine groups is 1. The molecule has 2 bridgehead atoms. The predicted octanol–water partition coefficient (Wildman–Crippen LogP) is 3.10. The van der Waals surface area contributed by atoms with Crippen molar-refractivity contribution in [3.05, 3.63) is 49.4 Å². The van der Waals surface area contributed by atoms with Crippen LogP contribution < -0.4 is 21.0 Å². The summed E-state index contributed by atoms with van der Waals surface area (Å²) >= 11 is 9.82. The van der Waals surface area contributed by atoms with Gasteiger partial charge in [-0.1, -0.05) is 46.8 Å². The summed E-state index contributed by atoms with van der Waals surface area (Å²) in [6.07, 6.45) is 3.38. The zero-order valence-corrected chi connectivity index (χ0v) is 22.6. The average molecular weight is 579 g/mol. The van der Waals surface area contributed by atoms with E-state index in [0.29, 0.717) is 28.0 Å². The number of halogens is 1. The van der Waals surface area contributed by atoms with Gasteiger partial charge in [-0.15, -0.1) is 11.8 Å². The summed E-state index contributed by atoms with van der Waals surface area (Å²) in [7, 11) is 0. The molecule has 3 heterocycles. The number of nitrogens with one attached hydrogen (secondary N) is 3. The molecular formula is C24H23ClN4O5S3. The highest BCUT2D eigenvalue weighted by Crippen LogP contribution is 2.64. The molecule has 9 nitrogen and oxygen atoms in total. The van der Waals surface area contributed by atoms with E-state index in [2.05, 4.69) is 16.2 Å². The van der Waals surface area contributed by atoms with Gasteiger partial charge < -0.3 is 0 Å². The summed E-state index contributed by atoms with van der Waals surface area (Å²) < 4.78 is 1.51. The molecule has 1 aromatic heterocycles. The summed E-state index contributed by atoms with van der Waals surface area (Å²) in [6, 6.07) is 7.87. The molecule has 1 aromatic carbocycles.